The zero-order valence-electron chi connectivity index (χ0n) is 20.6. The molecule has 1 amide bonds. The van der Waals surface area contributed by atoms with Crippen LogP contribution < -0.4 is 4.74 Å². The van der Waals surface area contributed by atoms with Gasteiger partial charge in [-0.25, -0.2) is 4.79 Å². The number of methoxy groups -OCH3 is 1. The average molecular weight is 463 g/mol. The molecule has 3 atom stereocenters. The van der Waals surface area contributed by atoms with E-state index in [1.807, 2.05) is 48.3 Å². The first kappa shape index (κ1) is 23.2. The Morgan fingerprint density at radius 3 is 2.68 bits per heavy atom. The third kappa shape index (κ3) is 4.95. The van der Waals surface area contributed by atoms with E-state index in [4.69, 9.17) is 9.47 Å². The lowest BCUT2D eigenvalue weighted by Gasteiger charge is -2.54. The van der Waals surface area contributed by atoms with Gasteiger partial charge in [0.2, 0.25) is 0 Å². The Balaban J connectivity index is 1.32. The highest BCUT2D eigenvalue weighted by Gasteiger charge is 2.49. The quantitative estimate of drug-likeness (QED) is 0.546. The van der Waals surface area contributed by atoms with Gasteiger partial charge in [-0.05, 0) is 80.2 Å². The van der Waals surface area contributed by atoms with Crippen molar-refractivity contribution in [3.05, 3.63) is 65.7 Å². The molecule has 2 aliphatic carbocycles. The SMILES string of the molecule is COc1cccc([C@@]23CCN(CC4CC4)C[C@H]2CC[C@H](N(C)C(=O)OCc2ccccc2)C3)c1. The monoisotopic (exact) mass is 462 g/mol. The maximum Gasteiger partial charge on any atom is 0.410 e. The molecule has 0 bridgehead atoms. The fourth-order valence-corrected chi connectivity index (χ4v) is 6.25. The molecule has 1 aliphatic heterocycles. The van der Waals surface area contributed by atoms with Crippen LogP contribution in [0.15, 0.2) is 54.6 Å². The van der Waals surface area contributed by atoms with Crippen LogP contribution in [-0.4, -0.2) is 55.7 Å². The highest BCUT2D eigenvalue weighted by atomic mass is 16.6. The molecular weight excluding hydrogens is 424 g/mol. The van der Waals surface area contributed by atoms with Gasteiger partial charge in [0, 0.05) is 31.6 Å². The topological polar surface area (TPSA) is 42.0 Å². The summed E-state index contributed by atoms with van der Waals surface area (Å²) in [5.74, 6) is 2.45. The van der Waals surface area contributed by atoms with E-state index in [9.17, 15) is 4.79 Å². The summed E-state index contributed by atoms with van der Waals surface area (Å²) in [5, 5.41) is 0. The highest BCUT2D eigenvalue weighted by Crippen LogP contribution is 2.51. The van der Waals surface area contributed by atoms with Crippen LogP contribution in [0.25, 0.3) is 0 Å². The second kappa shape index (κ2) is 9.99. The number of likely N-dealkylation sites (tertiary alicyclic amines) is 1. The maximum absolute atomic E-state index is 13.0. The summed E-state index contributed by atoms with van der Waals surface area (Å²) >= 11 is 0. The zero-order chi connectivity index (χ0) is 23.5. The van der Waals surface area contributed by atoms with E-state index in [2.05, 4.69) is 23.1 Å². The van der Waals surface area contributed by atoms with Crippen molar-refractivity contribution in [1.82, 2.24) is 9.80 Å². The van der Waals surface area contributed by atoms with Crippen LogP contribution in [0.2, 0.25) is 0 Å². The van der Waals surface area contributed by atoms with Crippen LogP contribution >= 0.6 is 0 Å². The van der Waals surface area contributed by atoms with Crippen molar-refractivity contribution >= 4 is 6.09 Å². The van der Waals surface area contributed by atoms with Crippen LogP contribution in [0.4, 0.5) is 4.79 Å². The molecule has 5 rings (SSSR count). The predicted molar refractivity (Wildman–Crippen MR) is 134 cm³/mol. The summed E-state index contributed by atoms with van der Waals surface area (Å²) in [5.41, 5.74) is 2.47. The maximum atomic E-state index is 13.0. The Labute approximate surface area is 204 Å². The number of rotatable bonds is 7. The van der Waals surface area contributed by atoms with Gasteiger partial charge >= 0.3 is 6.09 Å². The van der Waals surface area contributed by atoms with E-state index < -0.39 is 0 Å². The average Bonchev–Trinajstić information content (AvgIpc) is 3.71. The second-order valence-corrected chi connectivity index (χ2v) is 10.6. The molecule has 1 heterocycles. The minimum atomic E-state index is -0.223. The van der Waals surface area contributed by atoms with Crippen molar-refractivity contribution in [1.29, 1.82) is 0 Å². The Hall–Kier alpha value is -2.53. The lowest BCUT2D eigenvalue weighted by atomic mass is 9.58. The normalized spacial score (nSPS) is 27.0. The standard InChI is InChI=1S/C29H38N2O3/c1-30(28(32)34-21-23-7-4-3-5-8-23)26-14-13-25-20-31(19-22-11-12-22)16-15-29(25,18-26)24-9-6-10-27(17-24)33-2/h3-10,17,22,25-26H,11-16,18-21H2,1-2H3/t25-,26+,29+/m1/s1. The molecule has 2 aromatic carbocycles. The minimum absolute atomic E-state index is 0.0749. The van der Waals surface area contributed by atoms with Gasteiger partial charge in [-0.15, -0.1) is 0 Å². The Kier molecular flexibility index (Phi) is 6.82. The minimum Gasteiger partial charge on any atom is -0.497 e. The van der Waals surface area contributed by atoms with E-state index in [0.29, 0.717) is 12.5 Å². The third-order valence-corrected chi connectivity index (χ3v) is 8.48. The molecule has 3 fully saturated rings. The molecule has 1 saturated heterocycles. The van der Waals surface area contributed by atoms with Crippen molar-refractivity contribution in [2.45, 2.75) is 56.6 Å². The number of nitrogens with zero attached hydrogens (tertiary/aromatic N) is 2. The van der Waals surface area contributed by atoms with E-state index in [0.717, 1.165) is 49.5 Å². The van der Waals surface area contributed by atoms with E-state index in [1.165, 1.54) is 31.5 Å². The Bertz CT molecular complexity index is 976. The molecule has 0 unspecified atom stereocenters. The van der Waals surface area contributed by atoms with Crippen LogP contribution in [0, 0.1) is 11.8 Å². The van der Waals surface area contributed by atoms with Gasteiger partial charge in [-0.2, -0.15) is 0 Å². The van der Waals surface area contributed by atoms with Gasteiger partial charge in [-0.1, -0.05) is 42.5 Å². The van der Waals surface area contributed by atoms with E-state index >= 15 is 0 Å². The summed E-state index contributed by atoms with van der Waals surface area (Å²) in [6, 6.07) is 18.8. The molecule has 34 heavy (non-hydrogen) atoms. The lowest BCUT2D eigenvalue weighted by Crippen LogP contribution is -2.56. The fraction of sp³-hybridized carbons (Fsp3) is 0.552. The fourth-order valence-electron chi connectivity index (χ4n) is 6.25. The number of carbonyl (C=O) groups excluding carboxylic acids is 1. The molecule has 0 aromatic heterocycles. The predicted octanol–water partition coefficient (Wildman–Crippen LogP) is 5.49. The van der Waals surface area contributed by atoms with E-state index in [1.54, 1.807) is 7.11 Å². The van der Waals surface area contributed by atoms with Crippen LogP contribution in [0.3, 0.4) is 0 Å². The molecule has 2 saturated carbocycles. The zero-order valence-corrected chi connectivity index (χ0v) is 20.6. The summed E-state index contributed by atoms with van der Waals surface area (Å²) < 4.78 is 11.3. The molecule has 2 aromatic rings. The summed E-state index contributed by atoms with van der Waals surface area (Å²) in [7, 11) is 3.66. The molecule has 182 valence electrons. The van der Waals surface area contributed by atoms with Gasteiger partial charge in [0.1, 0.15) is 12.4 Å². The van der Waals surface area contributed by atoms with Crippen molar-refractivity contribution < 1.29 is 14.3 Å². The van der Waals surface area contributed by atoms with Gasteiger partial charge in [0.25, 0.3) is 0 Å². The smallest absolute Gasteiger partial charge is 0.410 e. The number of benzene rings is 2. The van der Waals surface area contributed by atoms with Crippen LogP contribution in [0.5, 0.6) is 5.75 Å². The van der Waals surface area contributed by atoms with Crippen molar-refractivity contribution in [3.8, 4) is 5.75 Å². The van der Waals surface area contributed by atoms with Crippen molar-refractivity contribution in [2.75, 3.05) is 33.8 Å². The molecule has 0 radical (unpaired) electrons. The van der Waals surface area contributed by atoms with E-state index in [-0.39, 0.29) is 17.6 Å². The summed E-state index contributed by atoms with van der Waals surface area (Å²) in [4.78, 5) is 17.5. The largest absolute Gasteiger partial charge is 0.497 e. The second-order valence-electron chi connectivity index (χ2n) is 10.6. The van der Waals surface area contributed by atoms with Crippen LogP contribution in [-0.2, 0) is 16.8 Å². The number of amides is 1. The highest BCUT2D eigenvalue weighted by molar-refractivity contribution is 5.67. The van der Waals surface area contributed by atoms with Crippen LogP contribution in [0.1, 0.15) is 49.7 Å². The molecular formula is C29H38N2O3. The van der Waals surface area contributed by atoms with Crippen molar-refractivity contribution in [2.24, 2.45) is 11.8 Å². The van der Waals surface area contributed by atoms with Gasteiger partial charge in [0.05, 0.1) is 7.11 Å². The first-order valence-corrected chi connectivity index (χ1v) is 12.9. The Morgan fingerprint density at radius 2 is 1.91 bits per heavy atom. The molecule has 3 aliphatic rings. The number of ether oxygens (including phenoxy) is 2. The number of piperidine rings is 1. The molecule has 0 spiro atoms. The number of hydrogen-bond donors (Lipinski definition) is 0. The number of hydrogen-bond acceptors (Lipinski definition) is 4. The first-order valence-electron chi connectivity index (χ1n) is 12.9. The summed E-state index contributed by atoms with van der Waals surface area (Å²) in [6.07, 6.45) is 6.88. The number of fused-ring (bicyclic) bond motifs is 1. The first-order chi connectivity index (χ1) is 16.6. The van der Waals surface area contributed by atoms with Gasteiger partial charge < -0.3 is 19.3 Å². The van der Waals surface area contributed by atoms with Gasteiger partial charge in [-0.3, -0.25) is 0 Å². The third-order valence-electron chi connectivity index (χ3n) is 8.48. The van der Waals surface area contributed by atoms with Crippen molar-refractivity contribution in [3.63, 3.8) is 0 Å². The Morgan fingerprint density at radius 1 is 1.09 bits per heavy atom. The number of carbonyl (C=O) groups is 1. The molecule has 0 N–H and O–H groups in total. The summed E-state index contributed by atoms with van der Waals surface area (Å²) in [6.45, 7) is 3.89. The van der Waals surface area contributed by atoms with Gasteiger partial charge in [0.15, 0.2) is 0 Å². The molecule has 5 nitrogen and oxygen atoms in total. The molecule has 5 heteroatoms. The lowest BCUT2D eigenvalue weighted by molar-refractivity contribution is 0.0139.